The zero-order valence-electron chi connectivity index (χ0n) is 9.54. The maximum atomic E-state index is 13.4. The van der Waals surface area contributed by atoms with Gasteiger partial charge in [0.2, 0.25) is 0 Å². The molecule has 0 aliphatic heterocycles. The van der Waals surface area contributed by atoms with E-state index in [1.807, 2.05) is 4.72 Å². The molecule has 1 aromatic heterocycles. The fourth-order valence-electron chi connectivity index (χ4n) is 1.42. The van der Waals surface area contributed by atoms with E-state index in [0.29, 0.717) is 6.07 Å². The highest BCUT2D eigenvalue weighted by atomic mass is 32.2. The largest absolute Gasteiger partial charge is 0.281 e. The summed E-state index contributed by atoms with van der Waals surface area (Å²) in [6.07, 6.45) is 1.02. The molecular weight excluding hydrogens is 283 g/mol. The number of rotatable bonds is 3. The van der Waals surface area contributed by atoms with Crippen molar-refractivity contribution in [2.24, 2.45) is 0 Å². The molecule has 0 radical (unpaired) electrons. The maximum Gasteiger partial charge on any atom is 0.265 e. The average molecular weight is 291 g/mol. The highest BCUT2D eigenvalue weighted by Gasteiger charge is 2.22. The van der Waals surface area contributed by atoms with Crippen molar-refractivity contribution in [2.45, 2.75) is 11.8 Å². The van der Waals surface area contributed by atoms with Gasteiger partial charge >= 0.3 is 0 Å². The number of hydrogen-bond acceptors (Lipinski definition) is 3. The first-order valence-electron chi connectivity index (χ1n) is 4.99. The Morgan fingerprint density at radius 3 is 2.47 bits per heavy atom. The molecule has 0 aliphatic rings. The van der Waals surface area contributed by atoms with Crippen LogP contribution in [0.15, 0.2) is 23.2 Å². The third-order valence-electron chi connectivity index (χ3n) is 2.35. The number of nitrogens with zero attached hydrogens (tertiary/aromatic N) is 1. The summed E-state index contributed by atoms with van der Waals surface area (Å²) >= 11 is 0. The second kappa shape index (κ2) is 4.57. The van der Waals surface area contributed by atoms with Crippen molar-refractivity contribution in [1.29, 1.82) is 0 Å². The van der Waals surface area contributed by atoms with Gasteiger partial charge in [0.15, 0.2) is 17.5 Å². The van der Waals surface area contributed by atoms with Crippen LogP contribution in [0.4, 0.5) is 18.9 Å². The van der Waals surface area contributed by atoms with Gasteiger partial charge in [-0.3, -0.25) is 9.82 Å². The third-order valence-corrected chi connectivity index (χ3v) is 3.83. The SMILES string of the molecule is Cc1[nH]ncc1S(=O)(=O)Nc1ccc(F)c(F)c1F. The van der Waals surface area contributed by atoms with E-state index in [4.69, 9.17) is 0 Å². The smallest absolute Gasteiger partial charge is 0.265 e. The molecule has 0 fully saturated rings. The Hall–Kier alpha value is -2.03. The number of sulfonamides is 1. The predicted octanol–water partition coefficient (Wildman–Crippen LogP) is 1.94. The second-order valence-electron chi connectivity index (χ2n) is 3.69. The summed E-state index contributed by atoms with van der Waals surface area (Å²) in [5, 5.41) is 5.91. The van der Waals surface area contributed by atoms with Gasteiger partial charge in [-0.15, -0.1) is 0 Å². The zero-order valence-corrected chi connectivity index (χ0v) is 10.4. The minimum Gasteiger partial charge on any atom is -0.281 e. The van der Waals surface area contributed by atoms with E-state index in [0.717, 1.165) is 12.3 Å². The second-order valence-corrected chi connectivity index (χ2v) is 5.34. The average Bonchev–Trinajstić information content (AvgIpc) is 2.77. The van der Waals surface area contributed by atoms with Crippen molar-refractivity contribution in [3.05, 3.63) is 41.5 Å². The lowest BCUT2D eigenvalue weighted by Crippen LogP contribution is -2.15. The molecule has 1 heterocycles. The molecule has 102 valence electrons. The number of hydrogen-bond donors (Lipinski definition) is 2. The Labute approximate surface area is 106 Å². The van der Waals surface area contributed by atoms with Crippen molar-refractivity contribution in [1.82, 2.24) is 10.2 Å². The Morgan fingerprint density at radius 1 is 1.21 bits per heavy atom. The van der Waals surface area contributed by atoms with E-state index in [2.05, 4.69) is 10.2 Å². The molecule has 0 spiro atoms. The summed E-state index contributed by atoms with van der Waals surface area (Å²) in [5.74, 6) is -4.76. The van der Waals surface area contributed by atoms with Crippen LogP contribution in [-0.4, -0.2) is 18.6 Å². The first kappa shape index (κ1) is 13.4. The fourth-order valence-corrected chi connectivity index (χ4v) is 2.61. The van der Waals surface area contributed by atoms with E-state index in [1.165, 1.54) is 6.92 Å². The lowest BCUT2D eigenvalue weighted by Gasteiger charge is -2.08. The minimum atomic E-state index is -4.13. The molecule has 0 amide bonds. The van der Waals surface area contributed by atoms with Crippen LogP contribution in [0.3, 0.4) is 0 Å². The number of halogens is 3. The molecule has 0 aliphatic carbocycles. The number of aromatic amines is 1. The Bertz CT molecular complexity index is 728. The molecule has 1 aromatic carbocycles. The summed E-state index contributed by atoms with van der Waals surface area (Å²) in [5.41, 5.74) is -0.449. The van der Waals surface area contributed by atoms with E-state index in [-0.39, 0.29) is 10.6 Å². The molecule has 2 aromatic rings. The molecule has 0 unspecified atom stereocenters. The molecule has 2 rings (SSSR count). The van der Waals surface area contributed by atoms with Crippen molar-refractivity contribution in [3.63, 3.8) is 0 Å². The van der Waals surface area contributed by atoms with Crippen LogP contribution < -0.4 is 4.72 Å². The van der Waals surface area contributed by atoms with Crippen LogP contribution in [0.1, 0.15) is 5.69 Å². The molecule has 5 nitrogen and oxygen atoms in total. The summed E-state index contributed by atoms with van der Waals surface area (Å²) in [7, 11) is -4.13. The van der Waals surface area contributed by atoms with Crippen molar-refractivity contribution in [3.8, 4) is 0 Å². The first-order chi connectivity index (χ1) is 8.83. The molecule has 9 heteroatoms. The number of aryl methyl sites for hydroxylation is 1. The van der Waals surface area contributed by atoms with Crippen LogP contribution in [0.25, 0.3) is 0 Å². The van der Waals surface area contributed by atoms with E-state index in [1.54, 1.807) is 0 Å². The molecule has 19 heavy (non-hydrogen) atoms. The number of benzene rings is 1. The third kappa shape index (κ3) is 2.41. The Morgan fingerprint density at radius 2 is 1.89 bits per heavy atom. The van der Waals surface area contributed by atoms with Gasteiger partial charge in [-0.1, -0.05) is 0 Å². The van der Waals surface area contributed by atoms with Gasteiger partial charge in [0.25, 0.3) is 10.0 Å². The monoisotopic (exact) mass is 291 g/mol. The topological polar surface area (TPSA) is 74.8 Å². The van der Waals surface area contributed by atoms with Gasteiger partial charge in [0.05, 0.1) is 17.6 Å². The Balaban J connectivity index is 2.42. The van der Waals surface area contributed by atoms with E-state index < -0.39 is 33.2 Å². The lowest BCUT2D eigenvalue weighted by atomic mass is 10.3. The minimum absolute atomic E-state index is 0.211. The van der Waals surface area contributed by atoms with Gasteiger partial charge < -0.3 is 0 Å². The van der Waals surface area contributed by atoms with Crippen molar-refractivity contribution < 1.29 is 21.6 Å². The molecular formula is C10H8F3N3O2S. The number of H-pyrrole nitrogens is 1. The van der Waals surface area contributed by atoms with E-state index in [9.17, 15) is 21.6 Å². The molecule has 2 N–H and O–H groups in total. The normalized spacial score (nSPS) is 11.6. The van der Waals surface area contributed by atoms with Crippen LogP contribution >= 0.6 is 0 Å². The van der Waals surface area contributed by atoms with Crippen molar-refractivity contribution in [2.75, 3.05) is 4.72 Å². The van der Waals surface area contributed by atoms with Gasteiger partial charge in [-0.2, -0.15) is 5.10 Å². The highest BCUT2D eigenvalue weighted by Crippen LogP contribution is 2.23. The summed E-state index contributed by atoms with van der Waals surface area (Å²) in [6, 6.07) is 1.42. The van der Waals surface area contributed by atoms with Crippen LogP contribution in [0.5, 0.6) is 0 Å². The summed E-state index contributed by atoms with van der Waals surface area (Å²) in [6.45, 7) is 1.45. The zero-order chi connectivity index (χ0) is 14.2. The van der Waals surface area contributed by atoms with Gasteiger partial charge in [-0.05, 0) is 19.1 Å². The van der Waals surface area contributed by atoms with E-state index >= 15 is 0 Å². The Kier molecular flexibility index (Phi) is 3.23. The fraction of sp³-hybridized carbons (Fsp3) is 0.100. The first-order valence-corrected chi connectivity index (χ1v) is 6.47. The van der Waals surface area contributed by atoms with Crippen LogP contribution in [-0.2, 0) is 10.0 Å². The number of aromatic nitrogens is 2. The van der Waals surface area contributed by atoms with Gasteiger partial charge in [0.1, 0.15) is 4.90 Å². The molecule has 0 saturated carbocycles. The molecule has 0 saturated heterocycles. The van der Waals surface area contributed by atoms with Crippen LogP contribution in [0, 0.1) is 24.4 Å². The van der Waals surface area contributed by atoms with Crippen LogP contribution in [0.2, 0.25) is 0 Å². The lowest BCUT2D eigenvalue weighted by molar-refractivity contribution is 0.449. The maximum absolute atomic E-state index is 13.4. The number of anilines is 1. The molecule has 0 bridgehead atoms. The summed E-state index contributed by atoms with van der Waals surface area (Å²) in [4.78, 5) is -0.211. The van der Waals surface area contributed by atoms with Crippen molar-refractivity contribution >= 4 is 15.7 Å². The number of nitrogens with one attached hydrogen (secondary N) is 2. The quantitative estimate of drug-likeness (QED) is 0.849. The predicted molar refractivity (Wildman–Crippen MR) is 60.4 cm³/mol. The standard InChI is InChI=1S/C10H8F3N3O2S/c1-5-8(4-14-15-5)19(17,18)16-7-3-2-6(11)9(12)10(7)13/h2-4,16H,1H3,(H,14,15). The van der Waals surface area contributed by atoms with Gasteiger partial charge in [-0.25, -0.2) is 21.6 Å². The summed E-state index contributed by atoms with van der Waals surface area (Å²) < 4.78 is 64.7. The highest BCUT2D eigenvalue weighted by molar-refractivity contribution is 7.92. The van der Waals surface area contributed by atoms with Gasteiger partial charge in [0, 0.05) is 0 Å². The molecule has 0 atom stereocenters.